The van der Waals surface area contributed by atoms with Gasteiger partial charge >= 0.3 is 0 Å². The number of rotatable bonds is 5. The fourth-order valence-electron chi connectivity index (χ4n) is 3.58. The van der Waals surface area contributed by atoms with Crippen molar-refractivity contribution in [1.29, 1.82) is 0 Å². The first-order chi connectivity index (χ1) is 9.17. The van der Waals surface area contributed by atoms with Crippen LogP contribution in [0.15, 0.2) is 0 Å². The molecule has 2 rings (SSSR count). The summed E-state index contributed by atoms with van der Waals surface area (Å²) < 4.78 is 0. The summed E-state index contributed by atoms with van der Waals surface area (Å²) in [7, 11) is 0. The first kappa shape index (κ1) is 15.0. The molecule has 0 N–H and O–H groups in total. The molecule has 0 saturated carbocycles. The summed E-state index contributed by atoms with van der Waals surface area (Å²) in [6.45, 7) is 10.8. The normalized spacial score (nSPS) is 24.7. The van der Waals surface area contributed by atoms with Crippen LogP contribution >= 0.6 is 0 Å². The zero-order valence-corrected chi connectivity index (χ0v) is 12.7. The molecule has 0 atom stereocenters. The Bertz CT molecular complexity index is 276. The Morgan fingerprint density at radius 3 is 2.00 bits per heavy atom. The van der Waals surface area contributed by atoms with Crippen molar-refractivity contribution in [3.05, 3.63) is 0 Å². The molecule has 0 aromatic heterocycles. The Hall–Kier alpha value is -0.410. The van der Waals surface area contributed by atoms with Crippen molar-refractivity contribution in [2.45, 2.75) is 46.0 Å². The molecule has 0 unspecified atom stereocenters. The maximum absolute atomic E-state index is 11.1. The minimum atomic E-state index is 0.306. The number of hydrogen-bond donors (Lipinski definition) is 0. The molecule has 0 bridgehead atoms. The number of Topliss-reactive ketones (excluding diaryl/α,β-unsaturated/α-hetero) is 1. The van der Waals surface area contributed by atoms with E-state index >= 15 is 0 Å². The van der Waals surface area contributed by atoms with Gasteiger partial charge in [-0.3, -0.25) is 9.69 Å². The van der Waals surface area contributed by atoms with E-state index in [9.17, 15) is 4.79 Å². The monoisotopic (exact) mass is 266 g/mol. The largest absolute Gasteiger partial charge is 0.303 e. The van der Waals surface area contributed by atoms with Crippen molar-refractivity contribution in [3.63, 3.8) is 0 Å². The lowest BCUT2D eigenvalue weighted by molar-refractivity contribution is -0.118. The van der Waals surface area contributed by atoms with Gasteiger partial charge in [0.25, 0.3) is 0 Å². The topological polar surface area (TPSA) is 23.6 Å². The highest BCUT2D eigenvalue weighted by atomic mass is 16.1. The summed E-state index contributed by atoms with van der Waals surface area (Å²) in [5.74, 6) is 2.15. The smallest absolute Gasteiger partial charge is 0.143 e. The standard InChI is InChI=1S/C16H30N2O/c1-3-15-4-8-18(9-5-15)13-16-6-10-17(11-7-16)12-14(2)19/h15-16H,3-13H2,1-2H3. The van der Waals surface area contributed by atoms with E-state index in [-0.39, 0.29) is 0 Å². The Kier molecular flexibility index (Phi) is 5.83. The highest BCUT2D eigenvalue weighted by Crippen LogP contribution is 2.23. The van der Waals surface area contributed by atoms with Crippen LogP contribution in [0.5, 0.6) is 0 Å². The van der Waals surface area contributed by atoms with E-state index in [0.717, 1.165) is 24.9 Å². The minimum Gasteiger partial charge on any atom is -0.303 e. The molecule has 0 spiro atoms. The second-order valence-corrected chi connectivity index (χ2v) is 6.57. The fraction of sp³-hybridized carbons (Fsp3) is 0.938. The summed E-state index contributed by atoms with van der Waals surface area (Å²) in [5.41, 5.74) is 0. The summed E-state index contributed by atoms with van der Waals surface area (Å²) >= 11 is 0. The predicted molar refractivity (Wildman–Crippen MR) is 79.3 cm³/mol. The third-order valence-electron chi connectivity index (χ3n) is 4.95. The number of hydrogen-bond acceptors (Lipinski definition) is 3. The van der Waals surface area contributed by atoms with Crippen molar-refractivity contribution in [3.8, 4) is 0 Å². The van der Waals surface area contributed by atoms with E-state index in [4.69, 9.17) is 0 Å². The van der Waals surface area contributed by atoms with Gasteiger partial charge in [-0.2, -0.15) is 0 Å². The number of carbonyl (C=O) groups is 1. The summed E-state index contributed by atoms with van der Waals surface area (Å²) in [5, 5.41) is 0. The molecule has 2 heterocycles. The van der Waals surface area contributed by atoms with Crippen molar-refractivity contribution in [1.82, 2.24) is 9.80 Å². The number of nitrogens with zero attached hydrogens (tertiary/aromatic N) is 2. The second-order valence-electron chi connectivity index (χ2n) is 6.57. The van der Waals surface area contributed by atoms with Gasteiger partial charge in [-0.1, -0.05) is 13.3 Å². The van der Waals surface area contributed by atoms with Crippen molar-refractivity contribution in [2.24, 2.45) is 11.8 Å². The van der Waals surface area contributed by atoms with Gasteiger partial charge in [0.05, 0.1) is 6.54 Å². The highest BCUT2D eigenvalue weighted by molar-refractivity contribution is 5.77. The average Bonchev–Trinajstić information content (AvgIpc) is 2.41. The number of ketones is 1. The van der Waals surface area contributed by atoms with Crippen LogP contribution in [0, 0.1) is 11.8 Å². The fourth-order valence-corrected chi connectivity index (χ4v) is 3.58. The van der Waals surface area contributed by atoms with Crippen molar-refractivity contribution >= 4 is 5.78 Å². The van der Waals surface area contributed by atoms with Gasteiger partial charge in [0, 0.05) is 6.54 Å². The lowest BCUT2D eigenvalue weighted by Gasteiger charge is -2.37. The van der Waals surface area contributed by atoms with Gasteiger partial charge in [-0.25, -0.2) is 0 Å². The number of piperidine rings is 2. The number of likely N-dealkylation sites (tertiary alicyclic amines) is 2. The van der Waals surface area contributed by atoms with Crippen LogP contribution in [0.4, 0.5) is 0 Å². The molecule has 2 saturated heterocycles. The Balaban J connectivity index is 1.64. The molecule has 3 heteroatoms. The zero-order valence-electron chi connectivity index (χ0n) is 12.7. The third-order valence-corrected chi connectivity index (χ3v) is 4.95. The lowest BCUT2D eigenvalue weighted by atomic mass is 9.91. The molecule has 3 nitrogen and oxygen atoms in total. The van der Waals surface area contributed by atoms with Gasteiger partial charge in [-0.15, -0.1) is 0 Å². The molecule has 0 aliphatic carbocycles. The van der Waals surface area contributed by atoms with E-state index < -0.39 is 0 Å². The summed E-state index contributed by atoms with van der Waals surface area (Å²) in [6, 6.07) is 0. The average molecular weight is 266 g/mol. The van der Waals surface area contributed by atoms with Gasteiger partial charge < -0.3 is 4.90 Å². The quantitative estimate of drug-likeness (QED) is 0.763. The summed E-state index contributed by atoms with van der Waals surface area (Å²) in [4.78, 5) is 16.1. The molecule has 19 heavy (non-hydrogen) atoms. The maximum Gasteiger partial charge on any atom is 0.143 e. The van der Waals surface area contributed by atoms with E-state index in [1.807, 2.05) is 0 Å². The molecule has 2 fully saturated rings. The van der Waals surface area contributed by atoms with E-state index in [1.54, 1.807) is 6.92 Å². The van der Waals surface area contributed by atoms with Gasteiger partial charge in [0.1, 0.15) is 5.78 Å². The molecule has 0 aromatic rings. The first-order valence-electron chi connectivity index (χ1n) is 8.11. The minimum absolute atomic E-state index is 0.306. The van der Waals surface area contributed by atoms with Crippen molar-refractivity contribution in [2.75, 3.05) is 39.3 Å². The van der Waals surface area contributed by atoms with E-state index in [2.05, 4.69) is 16.7 Å². The Morgan fingerprint density at radius 2 is 1.47 bits per heavy atom. The van der Waals surface area contributed by atoms with E-state index in [1.165, 1.54) is 51.7 Å². The predicted octanol–water partition coefficient (Wildman–Crippen LogP) is 2.41. The molecule has 0 aromatic carbocycles. The Labute approximate surface area is 118 Å². The molecule has 2 aliphatic heterocycles. The van der Waals surface area contributed by atoms with Crippen LogP contribution < -0.4 is 0 Å². The lowest BCUT2D eigenvalue weighted by Crippen LogP contribution is -2.42. The highest BCUT2D eigenvalue weighted by Gasteiger charge is 2.24. The molecule has 0 amide bonds. The van der Waals surface area contributed by atoms with Gasteiger partial charge in [-0.05, 0) is 70.6 Å². The van der Waals surface area contributed by atoms with Gasteiger partial charge in [0.15, 0.2) is 0 Å². The first-order valence-corrected chi connectivity index (χ1v) is 8.11. The second kappa shape index (κ2) is 7.39. The molecule has 110 valence electrons. The van der Waals surface area contributed by atoms with Crippen LogP contribution in [0.3, 0.4) is 0 Å². The zero-order chi connectivity index (χ0) is 13.7. The molecule has 2 aliphatic rings. The molecule has 0 radical (unpaired) electrons. The molecular formula is C16H30N2O. The van der Waals surface area contributed by atoms with Crippen LogP contribution in [-0.4, -0.2) is 54.9 Å². The van der Waals surface area contributed by atoms with Crippen LogP contribution in [-0.2, 0) is 4.79 Å². The maximum atomic E-state index is 11.1. The van der Waals surface area contributed by atoms with E-state index in [0.29, 0.717) is 12.3 Å². The van der Waals surface area contributed by atoms with Crippen LogP contribution in [0.1, 0.15) is 46.0 Å². The Morgan fingerprint density at radius 1 is 0.947 bits per heavy atom. The van der Waals surface area contributed by atoms with Gasteiger partial charge in [0.2, 0.25) is 0 Å². The van der Waals surface area contributed by atoms with Crippen LogP contribution in [0.25, 0.3) is 0 Å². The van der Waals surface area contributed by atoms with Crippen molar-refractivity contribution < 1.29 is 4.79 Å². The number of carbonyl (C=O) groups excluding carboxylic acids is 1. The summed E-state index contributed by atoms with van der Waals surface area (Å²) in [6.07, 6.45) is 6.72. The third kappa shape index (κ3) is 4.88. The van der Waals surface area contributed by atoms with Crippen LogP contribution in [0.2, 0.25) is 0 Å². The molecular weight excluding hydrogens is 236 g/mol. The SMILES string of the molecule is CCC1CCN(CC2CCN(CC(C)=O)CC2)CC1.